The summed E-state index contributed by atoms with van der Waals surface area (Å²) in [5, 5.41) is 0. The summed E-state index contributed by atoms with van der Waals surface area (Å²) >= 11 is 0. The SMILES string of the molecule is CCC(=O)OC1(c2ccccc2)CCN(C)C1c1ccccc1. The van der Waals surface area contributed by atoms with Crippen molar-refractivity contribution in [3.63, 3.8) is 0 Å². The predicted octanol–water partition coefficient (Wildman–Crippen LogP) is 3.91. The number of rotatable bonds is 4. The first-order valence-corrected chi connectivity index (χ1v) is 8.20. The largest absolute Gasteiger partial charge is 0.452 e. The van der Waals surface area contributed by atoms with E-state index < -0.39 is 5.60 Å². The molecule has 120 valence electrons. The lowest BCUT2D eigenvalue weighted by Gasteiger charge is -2.37. The van der Waals surface area contributed by atoms with Gasteiger partial charge in [0.25, 0.3) is 0 Å². The first-order chi connectivity index (χ1) is 11.2. The van der Waals surface area contributed by atoms with E-state index in [1.807, 2.05) is 43.3 Å². The molecule has 2 unspecified atom stereocenters. The number of hydrogen-bond donors (Lipinski definition) is 0. The highest BCUT2D eigenvalue weighted by molar-refractivity contribution is 5.70. The third-order valence-electron chi connectivity index (χ3n) is 4.68. The Morgan fingerprint density at radius 1 is 1.13 bits per heavy atom. The van der Waals surface area contributed by atoms with E-state index >= 15 is 0 Å². The van der Waals surface area contributed by atoms with Gasteiger partial charge in [-0.05, 0) is 18.2 Å². The van der Waals surface area contributed by atoms with E-state index in [0.717, 1.165) is 18.5 Å². The van der Waals surface area contributed by atoms with Crippen molar-refractivity contribution in [3.8, 4) is 0 Å². The molecule has 1 saturated heterocycles. The average molecular weight is 309 g/mol. The molecule has 0 radical (unpaired) electrons. The zero-order chi connectivity index (χ0) is 16.3. The van der Waals surface area contributed by atoms with Crippen LogP contribution in [-0.4, -0.2) is 24.5 Å². The molecule has 0 N–H and O–H groups in total. The van der Waals surface area contributed by atoms with E-state index in [0.29, 0.717) is 6.42 Å². The maximum Gasteiger partial charge on any atom is 0.306 e. The Morgan fingerprint density at radius 3 is 2.35 bits per heavy atom. The number of likely N-dealkylation sites (N-methyl/N-ethyl adjacent to an activating group) is 1. The molecule has 0 saturated carbocycles. The van der Waals surface area contributed by atoms with E-state index in [4.69, 9.17) is 4.74 Å². The van der Waals surface area contributed by atoms with Crippen molar-refractivity contribution in [1.82, 2.24) is 4.90 Å². The molecule has 2 aromatic rings. The highest BCUT2D eigenvalue weighted by Crippen LogP contribution is 2.49. The van der Waals surface area contributed by atoms with Crippen LogP contribution in [0.5, 0.6) is 0 Å². The van der Waals surface area contributed by atoms with Gasteiger partial charge in [0.1, 0.15) is 0 Å². The van der Waals surface area contributed by atoms with Gasteiger partial charge >= 0.3 is 5.97 Å². The molecular weight excluding hydrogens is 286 g/mol. The lowest BCUT2D eigenvalue weighted by Crippen LogP contribution is -2.38. The maximum absolute atomic E-state index is 12.2. The fraction of sp³-hybridized carbons (Fsp3) is 0.350. The zero-order valence-corrected chi connectivity index (χ0v) is 13.7. The number of benzene rings is 2. The number of ether oxygens (including phenoxy) is 1. The van der Waals surface area contributed by atoms with Gasteiger partial charge in [0.2, 0.25) is 0 Å². The number of likely N-dealkylation sites (tertiary alicyclic amines) is 1. The van der Waals surface area contributed by atoms with Crippen molar-refractivity contribution in [2.24, 2.45) is 0 Å². The van der Waals surface area contributed by atoms with Gasteiger partial charge in [-0.3, -0.25) is 9.69 Å². The Kier molecular flexibility index (Phi) is 4.49. The van der Waals surface area contributed by atoms with Crippen LogP contribution in [0.1, 0.15) is 36.9 Å². The van der Waals surface area contributed by atoms with E-state index in [1.165, 1.54) is 5.56 Å². The van der Waals surface area contributed by atoms with Crippen molar-refractivity contribution in [3.05, 3.63) is 71.8 Å². The molecule has 3 nitrogen and oxygen atoms in total. The van der Waals surface area contributed by atoms with E-state index in [-0.39, 0.29) is 12.0 Å². The van der Waals surface area contributed by atoms with Gasteiger partial charge in [0.15, 0.2) is 5.60 Å². The minimum absolute atomic E-state index is 0.0293. The molecule has 2 atom stereocenters. The number of hydrogen-bond acceptors (Lipinski definition) is 3. The van der Waals surface area contributed by atoms with E-state index in [1.54, 1.807) is 0 Å². The van der Waals surface area contributed by atoms with Crippen molar-refractivity contribution < 1.29 is 9.53 Å². The van der Waals surface area contributed by atoms with Crippen LogP contribution in [0.25, 0.3) is 0 Å². The lowest BCUT2D eigenvalue weighted by molar-refractivity contribution is -0.164. The van der Waals surface area contributed by atoms with Crippen LogP contribution in [-0.2, 0) is 15.1 Å². The number of nitrogens with zero attached hydrogens (tertiary/aromatic N) is 1. The van der Waals surface area contributed by atoms with Crippen LogP contribution in [0.4, 0.5) is 0 Å². The van der Waals surface area contributed by atoms with E-state index in [9.17, 15) is 4.79 Å². The fourth-order valence-electron chi connectivity index (χ4n) is 3.59. The Bertz CT molecular complexity index is 656. The van der Waals surface area contributed by atoms with Gasteiger partial charge in [-0.25, -0.2) is 0 Å². The Morgan fingerprint density at radius 2 is 1.74 bits per heavy atom. The number of esters is 1. The second kappa shape index (κ2) is 6.55. The predicted molar refractivity (Wildman–Crippen MR) is 90.9 cm³/mol. The van der Waals surface area contributed by atoms with Crippen LogP contribution in [0, 0.1) is 0 Å². The second-order valence-electron chi connectivity index (χ2n) is 6.13. The number of carbonyl (C=O) groups is 1. The topological polar surface area (TPSA) is 29.5 Å². The molecular formula is C20H23NO2. The van der Waals surface area contributed by atoms with E-state index in [2.05, 4.69) is 36.2 Å². The van der Waals surface area contributed by atoms with Gasteiger partial charge in [-0.15, -0.1) is 0 Å². The molecule has 0 bridgehead atoms. The highest BCUT2D eigenvalue weighted by atomic mass is 16.6. The normalized spacial score (nSPS) is 24.5. The minimum atomic E-state index is -0.621. The standard InChI is InChI=1S/C20H23NO2/c1-3-18(22)23-20(17-12-8-5-9-13-17)14-15-21(2)19(20)16-10-6-4-7-11-16/h4-13,19H,3,14-15H2,1-2H3. The first-order valence-electron chi connectivity index (χ1n) is 8.20. The molecule has 3 rings (SSSR count). The second-order valence-corrected chi connectivity index (χ2v) is 6.13. The van der Waals surface area contributed by atoms with Gasteiger partial charge in [0.05, 0.1) is 6.04 Å². The van der Waals surface area contributed by atoms with Crippen LogP contribution in [0.2, 0.25) is 0 Å². The van der Waals surface area contributed by atoms with Crippen molar-refractivity contribution in [1.29, 1.82) is 0 Å². The Labute approximate surface area is 137 Å². The molecule has 1 aliphatic rings. The van der Waals surface area contributed by atoms with Gasteiger partial charge in [-0.1, -0.05) is 67.6 Å². The summed E-state index contributed by atoms with van der Waals surface area (Å²) in [6, 6.07) is 20.5. The molecule has 1 fully saturated rings. The fourth-order valence-corrected chi connectivity index (χ4v) is 3.59. The lowest BCUT2D eigenvalue weighted by atomic mass is 9.82. The Balaban J connectivity index is 2.11. The molecule has 23 heavy (non-hydrogen) atoms. The summed E-state index contributed by atoms with van der Waals surface area (Å²) in [5.74, 6) is -0.148. The minimum Gasteiger partial charge on any atom is -0.452 e. The van der Waals surface area contributed by atoms with Crippen LogP contribution in [0.15, 0.2) is 60.7 Å². The third-order valence-corrected chi connectivity index (χ3v) is 4.68. The molecule has 1 aliphatic heterocycles. The molecule has 3 heteroatoms. The summed E-state index contributed by atoms with van der Waals surface area (Å²) in [4.78, 5) is 14.5. The zero-order valence-electron chi connectivity index (χ0n) is 13.7. The summed E-state index contributed by atoms with van der Waals surface area (Å²) in [6.45, 7) is 2.74. The van der Waals surface area contributed by atoms with Crippen molar-refractivity contribution >= 4 is 5.97 Å². The summed E-state index contributed by atoms with van der Waals surface area (Å²) in [7, 11) is 2.10. The summed E-state index contributed by atoms with van der Waals surface area (Å²) < 4.78 is 6.09. The van der Waals surface area contributed by atoms with Gasteiger partial charge < -0.3 is 4.74 Å². The molecule has 2 aromatic carbocycles. The molecule has 0 aromatic heterocycles. The average Bonchev–Trinajstić information content (AvgIpc) is 2.93. The summed E-state index contributed by atoms with van der Waals surface area (Å²) in [5.41, 5.74) is 1.63. The monoisotopic (exact) mass is 309 g/mol. The smallest absolute Gasteiger partial charge is 0.306 e. The molecule has 0 amide bonds. The van der Waals surface area contributed by atoms with Crippen molar-refractivity contribution in [2.75, 3.05) is 13.6 Å². The van der Waals surface area contributed by atoms with Crippen LogP contribution in [0.3, 0.4) is 0 Å². The number of carbonyl (C=O) groups excluding carboxylic acids is 1. The van der Waals surface area contributed by atoms with Crippen molar-refractivity contribution in [2.45, 2.75) is 31.4 Å². The molecule has 1 heterocycles. The molecule has 0 spiro atoms. The van der Waals surface area contributed by atoms with Crippen LogP contribution >= 0.6 is 0 Å². The van der Waals surface area contributed by atoms with Crippen LogP contribution < -0.4 is 0 Å². The third kappa shape index (κ3) is 2.89. The van der Waals surface area contributed by atoms with Gasteiger partial charge in [-0.2, -0.15) is 0 Å². The quantitative estimate of drug-likeness (QED) is 0.802. The first kappa shape index (κ1) is 15.8. The summed E-state index contributed by atoms with van der Waals surface area (Å²) in [6.07, 6.45) is 1.19. The van der Waals surface area contributed by atoms with Gasteiger partial charge in [0, 0.05) is 19.4 Å². The highest BCUT2D eigenvalue weighted by Gasteiger charge is 2.51. The Hall–Kier alpha value is -2.13. The maximum atomic E-state index is 12.2. The molecule has 0 aliphatic carbocycles.